The molecule has 0 saturated heterocycles. The zero-order valence-electron chi connectivity index (χ0n) is 9.99. The molecule has 1 N–H and O–H groups in total. The van der Waals surface area contributed by atoms with E-state index in [9.17, 15) is 13.2 Å². The van der Waals surface area contributed by atoms with Gasteiger partial charge in [-0.3, -0.25) is 4.79 Å². The van der Waals surface area contributed by atoms with E-state index in [-0.39, 0.29) is 5.75 Å². The van der Waals surface area contributed by atoms with Crippen LogP contribution in [0.1, 0.15) is 0 Å². The highest BCUT2D eigenvalue weighted by Crippen LogP contribution is 2.28. The van der Waals surface area contributed by atoms with Crippen LogP contribution >= 0.6 is 0 Å². The van der Waals surface area contributed by atoms with Gasteiger partial charge in [-0.05, 0) is 12.1 Å². The molecule has 0 fully saturated rings. The van der Waals surface area contributed by atoms with Gasteiger partial charge in [0.1, 0.15) is 5.75 Å². The summed E-state index contributed by atoms with van der Waals surface area (Å²) in [5, 5.41) is 0. The van der Waals surface area contributed by atoms with Gasteiger partial charge in [0.2, 0.25) is 5.75 Å². The van der Waals surface area contributed by atoms with Gasteiger partial charge < -0.3 is 13.9 Å². The lowest BCUT2D eigenvalue weighted by Crippen LogP contribution is -2.16. The molecule has 2 rings (SSSR count). The Morgan fingerprint density at radius 2 is 1.79 bits per heavy atom. The minimum absolute atomic E-state index is 0.0281. The highest BCUT2D eigenvalue weighted by Gasteiger charge is 2.15. The van der Waals surface area contributed by atoms with Gasteiger partial charge in [0.25, 0.3) is 5.56 Å². The third-order valence-corrected chi connectivity index (χ3v) is 2.55. The fourth-order valence-corrected chi connectivity index (χ4v) is 1.83. The van der Waals surface area contributed by atoms with E-state index in [4.69, 9.17) is 4.74 Å². The molecular weight excluding hydrogens is 270 g/mol. The van der Waals surface area contributed by atoms with Gasteiger partial charge >= 0.3 is 10.1 Å². The maximum atomic E-state index is 11.6. The number of benzene rings is 1. The van der Waals surface area contributed by atoms with Crippen molar-refractivity contribution in [1.29, 1.82) is 0 Å². The normalized spacial score (nSPS) is 11.0. The van der Waals surface area contributed by atoms with Gasteiger partial charge in [0.15, 0.2) is 5.75 Å². The second kappa shape index (κ2) is 5.15. The van der Waals surface area contributed by atoms with Crippen molar-refractivity contribution in [3.05, 3.63) is 52.9 Å². The summed E-state index contributed by atoms with van der Waals surface area (Å²) in [6, 6.07) is 10.1. The third kappa shape index (κ3) is 3.59. The lowest BCUT2D eigenvalue weighted by molar-refractivity contribution is 0.433. The van der Waals surface area contributed by atoms with Crippen molar-refractivity contribution < 1.29 is 17.3 Å². The quantitative estimate of drug-likeness (QED) is 0.858. The molecule has 1 aromatic carbocycles. The van der Waals surface area contributed by atoms with Crippen molar-refractivity contribution in [2.24, 2.45) is 0 Å². The molecule has 6 nitrogen and oxygen atoms in total. The van der Waals surface area contributed by atoms with Gasteiger partial charge in [-0.1, -0.05) is 18.2 Å². The summed E-state index contributed by atoms with van der Waals surface area (Å²) < 4.78 is 32.3. The van der Waals surface area contributed by atoms with E-state index in [1.165, 1.54) is 12.3 Å². The van der Waals surface area contributed by atoms with Crippen LogP contribution in [0.25, 0.3) is 0 Å². The van der Waals surface area contributed by atoms with Gasteiger partial charge in [-0.25, -0.2) is 0 Å². The first-order chi connectivity index (χ1) is 8.96. The summed E-state index contributed by atoms with van der Waals surface area (Å²) in [7, 11) is -3.81. The minimum atomic E-state index is -3.81. The number of ether oxygens (including phenoxy) is 1. The van der Waals surface area contributed by atoms with Crippen LogP contribution in [-0.4, -0.2) is 19.7 Å². The van der Waals surface area contributed by atoms with E-state index in [1.54, 1.807) is 30.3 Å². The number of H-pyrrole nitrogens is 1. The molecule has 0 atom stereocenters. The Kier molecular flexibility index (Phi) is 3.57. The number of pyridine rings is 1. The molecule has 1 aromatic heterocycles. The zero-order valence-corrected chi connectivity index (χ0v) is 10.8. The van der Waals surface area contributed by atoms with Crippen molar-refractivity contribution in [3.63, 3.8) is 0 Å². The number of hydrogen-bond donors (Lipinski definition) is 1. The maximum absolute atomic E-state index is 11.6. The van der Waals surface area contributed by atoms with E-state index in [0.29, 0.717) is 5.75 Å². The van der Waals surface area contributed by atoms with Gasteiger partial charge in [-0.2, -0.15) is 8.42 Å². The molecule has 0 saturated carbocycles. The Morgan fingerprint density at radius 1 is 1.11 bits per heavy atom. The number of rotatable bonds is 4. The van der Waals surface area contributed by atoms with Crippen LogP contribution in [0.5, 0.6) is 17.2 Å². The lowest BCUT2D eigenvalue weighted by atomic mass is 10.3. The Morgan fingerprint density at radius 3 is 2.42 bits per heavy atom. The molecule has 0 unspecified atom stereocenters. The van der Waals surface area contributed by atoms with E-state index >= 15 is 0 Å². The fourth-order valence-electron chi connectivity index (χ4n) is 1.37. The van der Waals surface area contributed by atoms with Crippen molar-refractivity contribution in [1.82, 2.24) is 4.98 Å². The SMILES string of the molecule is CS(=O)(=O)Oc1c(Oc2ccccc2)cc[nH]c1=O. The predicted molar refractivity (Wildman–Crippen MR) is 69.1 cm³/mol. The van der Waals surface area contributed by atoms with E-state index < -0.39 is 21.4 Å². The minimum Gasteiger partial charge on any atom is -0.453 e. The number of hydrogen-bond acceptors (Lipinski definition) is 5. The highest BCUT2D eigenvalue weighted by molar-refractivity contribution is 7.86. The molecular formula is C12H11NO5S. The second-order valence-corrected chi connectivity index (χ2v) is 5.28. The smallest absolute Gasteiger partial charge is 0.306 e. The first kappa shape index (κ1) is 13.2. The van der Waals surface area contributed by atoms with Crippen molar-refractivity contribution in [2.75, 3.05) is 6.26 Å². The molecule has 0 radical (unpaired) electrons. The van der Waals surface area contributed by atoms with E-state index in [2.05, 4.69) is 9.17 Å². The van der Waals surface area contributed by atoms with Gasteiger partial charge in [0, 0.05) is 12.3 Å². The predicted octanol–water partition coefficient (Wildman–Crippen LogP) is 1.51. The molecule has 1 heterocycles. The average Bonchev–Trinajstić information content (AvgIpc) is 2.34. The summed E-state index contributed by atoms with van der Waals surface area (Å²) in [6.07, 6.45) is 2.20. The molecule has 19 heavy (non-hydrogen) atoms. The summed E-state index contributed by atoms with van der Waals surface area (Å²) in [6.45, 7) is 0. The highest BCUT2D eigenvalue weighted by atomic mass is 32.2. The summed E-state index contributed by atoms with van der Waals surface area (Å²) in [5.41, 5.74) is -0.682. The Labute approximate surface area is 109 Å². The largest absolute Gasteiger partial charge is 0.453 e. The summed E-state index contributed by atoms with van der Waals surface area (Å²) in [5.74, 6) is 0.0979. The molecule has 0 aliphatic carbocycles. The number of aromatic amines is 1. The van der Waals surface area contributed by atoms with Crippen LogP contribution in [0, 0.1) is 0 Å². The van der Waals surface area contributed by atoms with Gasteiger partial charge in [-0.15, -0.1) is 0 Å². The van der Waals surface area contributed by atoms with Crippen LogP contribution in [0.4, 0.5) is 0 Å². The molecule has 0 bridgehead atoms. The number of nitrogens with one attached hydrogen (secondary N) is 1. The number of aromatic nitrogens is 1. The molecule has 0 spiro atoms. The first-order valence-electron chi connectivity index (χ1n) is 5.30. The number of para-hydroxylation sites is 1. The molecule has 7 heteroatoms. The molecule has 2 aromatic rings. The van der Waals surface area contributed by atoms with Crippen molar-refractivity contribution in [2.45, 2.75) is 0 Å². The Bertz CT molecular complexity index is 721. The lowest BCUT2D eigenvalue weighted by Gasteiger charge is -2.09. The first-order valence-corrected chi connectivity index (χ1v) is 7.11. The second-order valence-electron chi connectivity index (χ2n) is 3.70. The summed E-state index contributed by atoms with van der Waals surface area (Å²) in [4.78, 5) is 13.9. The van der Waals surface area contributed by atoms with Crippen LogP contribution in [-0.2, 0) is 10.1 Å². The van der Waals surface area contributed by atoms with E-state index in [0.717, 1.165) is 6.26 Å². The van der Waals surface area contributed by atoms with Crippen molar-refractivity contribution >= 4 is 10.1 Å². The van der Waals surface area contributed by atoms with E-state index in [1.807, 2.05) is 0 Å². The molecule has 100 valence electrons. The van der Waals surface area contributed by atoms with Crippen LogP contribution in [0.3, 0.4) is 0 Å². The maximum Gasteiger partial charge on any atom is 0.306 e. The molecule has 0 amide bonds. The van der Waals surface area contributed by atoms with Crippen LogP contribution in [0.2, 0.25) is 0 Å². The zero-order chi connectivity index (χ0) is 13.9. The topological polar surface area (TPSA) is 85.5 Å². The monoisotopic (exact) mass is 281 g/mol. The molecule has 0 aliphatic rings. The van der Waals surface area contributed by atoms with Crippen molar-refractivity contribution in [3.8, 4) is 17.2 Å². The Balaban J connectivity index is 2.41. The van der Waals surface area contributed by atoms with Gasteiger partial charge in [0.05, 0.1) is 6.26 Å². The van der Waals surface area contributed by atoms with Crippen LogP contribution < -0.4 is 14.5 Å². The fraction of sp³-hybridized carbons (Fsp3) is 0.0833. The average molecular weight is 281 g/mol. The molecule has 0 aliphatic heterocycles. The van der Waals surface area contributed by atoms with Crippen LogP contribution in [0.15, 0.2) is 47.4 Å². The third-order valence-electron chi connectivity index (χ3n) is 2.08. The summed E-state index contributed by atoms with van der Waals surface area (Å²) >= 11 is 0. The standard InChI is InChI=1S/C12H11NO5S/c1-19(15,16)18-11-10(7-8-13-12(11)14)17-9-5-3-2-4-6-9/h2-8H,1H3,(H,13,14). The Hall–Kier alpha value is -2.28.